The Balaban J connectivity index is 0.00000200. The predicted molar refractivity (Wildman–Crippen MR) is 86.1 cm³/mol. The van der Waals surface area contributed by atoms with E-state index in [4.69, 9.17) is 15.0 Å². The fraction of sp³-hybridized carbons (Fsp3) is 0.750. The van der Waals surface area contributed by atoms with Crippen molar-refractivity contribution in [2.75, 3.05) is 6.54 Å². The van der Waals surface area contributed by atoms with Gasteiger partial charge in [0.05, 0.1) is 12.6 Å². The van der Waals surface area contributed by atoms with Crippen LogP contribution in [0.5, 0.6) is 0 Å². The van der Waals surface area contributed by atoms with Crippen LogP contribution < -0.4 is 11.1 Å². The van der Waals surface area contributed by atoms with E-state index >= 15 is 0 Å². The summed E-state index contributed by atoms with van der Waals surface area (Å²) in [6.45, 7) is 6.38. The Morgan fingerprint density at radius 1 is 1.50 bits per heavy atom. The number of nitrogens with two attached hydrogens (primary N) is 1. The number of guanidine groups is 1. The summed E-state index contributed by atoms with van der Waals surface area (Å²) in [5, 5.41) is 6.81. The molecular formula is C12H22IN5O2. The maximum Gasteiger partial charge on any atom is 0.255 e. The van der Waals surface area contributed by atoms with Crippen LogP contribution in [0.2, 0.25) is 0 Å². The third-order valence-electron chi connectivity index (χ3n) is 2.83. The van der Waals surface area contributed by atoms with E-state index in [9.17, 15) is 0 Å². The molecule has 2 atom stereocenters. The average molecular weight is 395 g/mol. The molecule has 1 aromatic rings. The maximum atomic E-state index is 5.83. The zero-order chi connectivity index (χ0) is 13.8. The molecule has 0 spiro atoms. The van der Waals surface area contributed by atoms with Crippen molar-refractivity contribution in [1.29, 1.82) is 0 Å². The van der Waals surface area contributed by atoms with E-state index in [2.05, 4.69) is 20.4 Å². The van der Waals surface area contributed by atoms with Crippen LogP contribution in [0.3, 0.4) is 0 Å². The van der Waals surface area contributed by atoms with Crippen LogP contribution in [-0.4, -0.2) is 34.8 Å². The fourth-order valence-electron chi connectivity index (χ4n) is 2.01. The minimum absolute atomic E-state index is 0. The highest BCUT2D eigenvalue weighted by molar-refractivity contribution is 14.0. The van der Waals surface area contributed by atoms with Crippen LogP contribution in [0.4, 0.5) is 0 Å². The van der Waals surface area contributed by atoms with Crippen molar-refractivity contribution in [3.63, 3.8) is 0 Å². The molecule has 2 rings (SSSR count). The second-order valence-corrected chi connectivity index (χ2v) is 5.03. The number of aryl methyl sites for hydroxylation is 1. The Morgan fingerprint density at radius 3 is 2.85 bits per heavy atom. The monoisotopic (exact) mass is 395 g/mol. The van der Waals surface area contributed by atoms with E-state index in [1.54, 1.807) is 6.92 Å². The van der Waals surface area contributed by atoms with Crippen LogP contribution in [0.1, 0.15) is 44.5 Å². The number of nitrogens with zero attached hydrogens (tertiary/aromatic N) is 3. The number of ether oxygens (including phenoxy) is 1. The van der Waals surface area contributed by atoms with E-state index in [-0.39, 0.29) is 42.2 Å². The molecule has 1 saturated heterocycles. The van der Waals surface area contributed by atoms with E-state index in [1.165, 1.54) is 0 Å². The van der Waals surface area contributed by atoms with Crippen molar-refractivity contribution < 1.29 is 9.26 Å². The van der Waals surface area contributed by atoms with Crippen LogP contribution in [0.25, 0.3) is 0 Å². The first-order chi connectivity index (χ1) is 9.04. The molecule has 20 heavy (non-hydrogen) atoms. The quantitative estimate of drug-likeness (QED) is 0.456. The van der Waals surface area contributed by atoms with Crippen molar-refractivity contribution in [1.82, 2.24) is 15.5 Å². The van der Waals surface area contributed by atoms with Gasteiger partial charge < -0.3 is 20.3 Å². The molecule has 0 amide bonds. The summed E-state index contributed by atoms with van der Waals surface area (Å²) >= 11 is 0. The zero-order valence-electron chi connectivity index (χ0n) is 12.0. The standard InChI is InChI=1S/C12H21N5O2.HI/c1-7(2)15-12(13)14-6-9-4-5-10(18-9)11-16-8(3)17-19-11;/h7,9-10H,4-6H2,1-3H3,(H3,13,14,15);1H/t9-,10+;/m1./s1. The Labute approximate surface area is 135 Å². The van der Waals surface area contributed by atoms with Gasteiger partial charge in [-0.25, -0.2) is 0 Å². The lowest BCUT2D eigenvalue weighted by atomic mass is 10.2. The van der Waals surface area contributed by atoms with Gasteiger partial charge in [-0.1, -0.05) is 5.16 Å². The first-order valence-electron chi connectivity index (χ1n) is 6.56. The molecule has 0 saturated carbocycles. The number of hydrogen-bond acceptors (Lipinski definition) is 5. The van der Waals surface area contributed by atoms with E-state index in [1.807, 2.05) is 13.8 Å². The number of halogens is 1. The van der Waals surface area contributed by atoms with Crippen molar-refractivity contribution in [3.05, 3.63) is 11.7 Å². The van der Waals surface area contributed by atoms with Gasteiger partial charge in [-0.15, -0.1) is 24.0 Å². The summed E-state index contributed by atoms with van der Waals surface area (Å²) in [5.74, 6) is 1.64. The van der Waals surface area contributed by atoms with Gasteiger partial charge in [-0.2, -0.15) is 4.98 Å². The molecule has 3 N–H and O–H groups in total. The van der Waals surface area contributed by atoms with Crippen LogP contribution >= 0.6 is 24.0 Å². The Bertz CT molecular complexity index is 449. The first kappa shape index (κ1) is 17.2. The van der Waals surface area contributed by atoms with Crippen molar-refractivity contribution in [2.45, 2.75) is 51.9 Å². The molecule has 2 heterocycles. The van der Waals surface area contributed by atoms with Gasteiger partial charge in [0, 0.05) is 6.04 Å². The molecule has 0 aliphatic carbocycles. The highest BCUT2D eigenvalue weighted by Gasteiger charge is 2.30. The van der Waals surface area contributed by atoms with Crippen LogP contribution in [0.15, 0.2) is 9.52 Å². The lowest BCUT2D eigenvalue weighted by molar-refractivity contribution is 0.0309. The number of aliphatic imine (C=N–C) groups is 1. The molecule has 1 aromatic heterocycles. The molecule has 7 nitrogen and oxygen atoms in total. The highest BCUT2D eigenvalue weighted by Crippen LogP contribution is 2.31. The second-order valence-electron chi connectivity index (χ2n) is 5.03. The minimum Gasteiger partial charge on any atom is -0.370 e. The smallest absolute Gasteiger partial charge is 0.255 e. The van der Waals surface area contributed by atoms with Gasteiger partial charge in [-0.05, 0) is 33.6 Å². The third-order valence-corrected chi connectivity index (χ3v) is 2.83. The summed E-state index contributed by atoms with van der Waals surface area (Å²) < 4.78 is 10.9. The summed E-state index contributed by atoms with van der Waals surface area (Å²) in [4.78, 5) is 8.46. The lowest BCUT2D eigenvalue weighted by Crippen LogP contribution is -2.37. The molecular weight excluding hydrogens is 373 g/mol. The van der Waals surface area contributed by atoms with Gasteiger partial charge >= 0.3 is 0 Å². The van der Waals surface area contributed by atoms with Gasteiger partial charge in [-0.3, -0.25) is 4.99 Å². The molecule has 1 fully saturated rings. The molecule has 0 radical (unpaired) electrons. The Kier molecular flexibility index (Phi) is 6.66. The molecule has 1 aliphatic heterocycles. The molecule has 114 valence electrons. The fourth-order valence-corrected chi connectivity index (χ4v) is 2.01. The molecule has 0 aromatic carbocycles. The lowest BCUT2D eigenvalue weighted by Gasteiger charge is -2.11. The van der Waals surface area contributed by atoms with Crippen molar-refractivity contribution in [2.24, 2.45) is 10.7 Å². The summed E-state index contributed by atoms with van der Waals surface area (Å²) in [6, 6.07) is 0.280. The molecule has 0 bridgehead atoms. The van der Waals surface area contributed by atoms with E-state index in [0.29, 0.717) is 24.2 Å². The van der Waals surface area contributed by atoms with Gasteiger partial charge in [0.15, 0.2) is 11.8 Å². The average Bonchev–Trinajstić information content (AvgIpc) is 2.94. The predicted octanol–water partition coefficient (Wildman–Crippen LogP) is 1.53. The first-order valence-corrected chi connectivity index (χ1v) is 6.56. The minimum atomic E-state index is -0.110. The summed E-state index contributed by atoms with van der Waals surface area (Å²) in [5.41, 5.74) is 5.74. The Morgan fingerprint density at radius 2 is 2.25 bits per heavy atom. The summed E-state index contributed by atoms with van der Waals surface area (Å²) in [6.07, 6.45) is 1.74. The van der Waals surface area contributed by atoms with Crippen LogP contribution in [-0.2, 0) is 4.74 Å². The number of rotatable bonds is 4. The van der Waals surface area contributed by atoms with Crippen LogP contribution in [0, 0.1) is 6.92 Å². The number of hydrogen-bond donors (Lipinski definition) is 2. The normalized spacial score (nSPS) is 22.9. The van der Waals surface area contributed by atoms with E-state index < -0.39 is 0 Å². The zero-order valence-corrected chi connectivity index (χ0v) is 14.3. The van der Waals surface area contributed by atoms with Gasteiger partial charge in [0.25, 0.3) is 5.89 Å². The van der Waals surface area contributed by atoms with Crippen molar-refractivity contribution in [3.8, 4) is 0 Å². The second kappa shape index (κ2) is 7.77. The topological polar surface area (TPSA) is 98.6 Å². The molecule has 8 heteroatoms. The largest absolute Gasteiger partial charge is 0.370 e. The molecule has 0 unspecified atom stereocenters. The SMILES string of the molecule is Cc1noc([C@@H]2CC[C@H](CN=C(N)NC(C)C)O2)n1.I. The third kappa shape index (κ3) is 4.89. The van der Waals surface area contributed by atoms with Gasteiger partial charge in [0.1, 0.15) is 6.10 Å². The highest BCUT2D eigenvalue weighted by atomic mass is 127. The number of aromatic nitrogens is 2. The molecule has 1 aliphatic rings. The summed E-state index contributed by atoms with van der Waals surface area (Å²) in [7, 11) is 0. The Hall–Kier alpha value is -0.900. The maximum absolute atomic E-state index is 5.83. The van der Waals surface area contributed by atoms with E-state index in [0.717, 1.165) is 12.8 Å². The van der Waals surface area contributed by atoms with Gasteiger partial charge in [0.2, 0.25) is 0 Å². The number of nitrogens with one attached hydrogen (secondary N) is 1. The van der Waals surface area contributed by atoms with Crippen molar-refractivity contribution >= 4 is 29.9 Å².